The van der Waals surface area contributed by atoms with Gasteiger partial charge in [0.15, 0.2) is 0 Å². The molecular weight excluding hydrogens is 299 g/mol. The van der Waals surface area contributed by atoms with E-state index >= 15 is 0 Å². The van der Waals surface area contributed by atoms with Crippen molar-refractivity contribution in [3.8, 4) is 0 Å². The van der Waals surface area contributed by atoms with Gasteiger partial charge >= 0.3 is 0 Å². The lowest BCUT2D eigenvalue weighted by Crippen LogP contribution is -2.07. The van der Waals surface area contributed by atoms with E-state index in [1.807, 2.05) is 25.1 Å². The van der Waals surface area contributed by atoms with Gasteiger partial charge in [0.05, 0.1) is 15.6 Å². The average Bonchev–Trinajstić information content (AvgIpc) is 2.40. The summed E-state index contributed by atoms with van der Waals surface area (Å²) < 4.78 is 0. The molecule has 6 heteroatoms. The summed E-state index contributed by atoms with van der Waals surface area (Å²) in [6.07, 6.45) is 0. The quantitative estimate of drug-likeness (QED) is 0.633. The molecule has 0 heterocycles. The van der Waals surface area contributed by atoms with Gasteiger partial charge in [-0.3, -0.25) is 10.1 Å². The number of nitro groups is 1. The van der Waals surface area contributed by atoms with E-state index in [2.05, 4.69) is 5.32 Å². The molecule has 0 aromatic heterocycles. The zero-order valence-corrected chi connectivity index (χ0v) is 12.2. The number of hydrogen-bond donors (Lipinski definition) is 1. The molecule has 0 aliphatic heterocycles. The molecule has 0 amide bonds. The molecule has 0 saturated heterocycles. The van der Waals surface area contributed by atoms with E-state index in [-0.39, 0.29) is 11.7 Å². The predicted octanol–water partition coefficient (Wildman–Crippen LogP) is 5.07. The van der Waals surface area contributed by atoms with Gasteiger partial charge in [-0.25, -0.2) is 0 Å². The second kappa shape index (κ2) is 6.11. The van der Waals surface area contributed by atoms with Crippen LogP contribution in [0.2, 0.25) is 10.0 Å². The summed E-state index contributed by atoms with van der Waals surface area (Å²) in [6.45, 7) is 1.96. The van der Waals surface area contributed by atoms with Crippen molar-refractivity contribution in [3.05, 3.63) is 68.2 Å². The first kappa shape index (κ1) is 14.6. The Balaban J connectivity index is 2.19. The Morgan fingerprint density at radius 3 is 2.55 bits per heavy atom. The summed E-state index contributed by atoms with van der Waals surface area (Å²) in [5, 5.41) is 14.8. The summed E-state index contributed by atoms with van der Waals surface area (Å²) >= 11 is 12.0. The van der Waals surface area contributed by atoms with Crippen LogP contribution in [0.1, 0.15) is 18.5 Å². The maximum atomic E-state index is 10.7. The molecule has 0 aliphatic carbocycles. The standard InChI is InChI=1S/C14H12Cl2N2O2/c1-9(10-3-2-4-11(15)7-10)17-14-6-5-12(18(19)20)8-13(14)16/h2-9,17H,1H3. The Bertz CT molecular complexity index is 647. The van der Waals surface area contributed by atoms with Crippen LogP contribution < -0.4 is 5.32 Å². The normalized spacial score (nSPS) is 11.9. The van der Waals surface area contributed by atoms with Gasteiger partial charge in [-0.15, -0.1) is 0 Å². The molecule has 1 unspecified atom stereocenters. The molecule has 0 aliphatic rings. The van der Waals surface area contributed by atoms with Crippen LogP contribution in [0.25, 0.3) is 0 Å². The maximum absolute atomic E-state index is 10.7. The van der Waals surface area contributed by atoms with Crippen LogP contribution in [-0.2, 0) is 0 Å². The smallest absolute Gasteiger partial charge is 0.271 e. The lowest BCUT2D eigenvalue weighted by Gasteiger charge is -2.16. The molecule has 1 atom stereocenters. The van der Waals surface area contributed by atoms with Crippen molar-refractivity contribution in [1.29, 1.82) is 0 Å². The minimum atomic E-state index is -0.476. The van der Waals surface area contributed by atoms with Crippen molar-refractivity contribution >= 4 is 34.6 Å². The van der Waals surface area contributed by atoms with Crippen molar-refractivity contribution < 1.29 is 4.92 Å². The number of nitrogens with zero attached hydrogens (tertiary/aromatic N) is 1. The molecule has 4 nitrogen and oxygen atoms in total. The minimum Gasteiger partial charge on any atom is -0.377 e. The van der Waals surface area contributed by atoms with Crippen molar-refractivity contribution in [2.24, 2.45) is 0 Å². The van der Waals surface area contributed by atoms with Gasteiger partial charge in [-0.2, -0.15) is 0 Å². The third-order valence-electron chi connectivity index (χ3n) is 2.88. The van der Waals surface area contributed by atoms with E-state index < -0.39 is 4.92 Å². The summed E-state index contributed by atoms with van der Waals surface area (Å²) in [4.78, 5) is 10.2. The third-order valence-corrected chi connectivity index (χ3v) is 3.43. The zero-order chi connectivity index (χ0) is 14.7. The highest BCUT2D eigenvalue weighted by atomic mass is 35.5. The van der Waals surface area contributed by atoms with E-state index in [1.165, 1.54) is 12.1 Å². The van der Waals surface area contributed by atoms with Gasteiger partial charge in [-0.1, -0.05) is 35.3 Å². The monoisotopic (exact) mass is 310 g/mol. The summed E-state index contributed by atoms with van der Waals surface area (Å²) in [5.74, 6) is 0. The fraction of sp³-hybridized carbons (Fsp3) is 0.143. The van der Waals surface area contributed by atoms with Crippen LogP contribution in [0.3, 0.4) is 0 Å². The number of nitro benzene ring substituents is 1. The molecule has 2 aromatic rings. The van der Waals surface area contributed by atoms with Gasteiger partial charge in [0.1, 0.15) is 0 Å². The van der Waals surface area contributed by atoms with Crippen LogP contribution in [0.15, 0.2) is 42.5 Å². The van der Waals surface area contributed by atoms with E-state index in [0.29, 0.717) is 15.7 Å². The van der Waals surface area contributed by atoms with E-state index in [9.17, 15) is 10.1 Å². The van der Waals surface area contributed by atoms with Crippen LogP contribution in [-0.4, -0.2) is 4.92 Å². The SMILES string of the molecule is CC(Nc1ccc([N+](=O)[O-])cc1Cl)c1cccc(Cl)c1. The molecule has 0 radical (unpaired) electrons. The van der Waals surface area contributed by atoms with Crippen LogP contribution >= 0.6 is 23.2 Å². The Morgan fingerprint density at radius 2 is 1.95 bits per heavy atom. The lowest BCUT2D eigenvalue weighted by molar-refractivity contribution is -0.384. The zero-order valence-electron chi connectivity index (χ0n) is 10.6. The molecule has 0 spiro atoms. The number of hydrogen-bond acceptors (Lipinski definition) is 3. The lowest BCUT2D eigenvalue weighted by atomic mass is 10.1. The fourth-order valence-corrected chi connectivity index (χ4v) is 2.26. The molecule has 20 heavy (non-hydrogen) atoms. The summed E-state index contributed by atoms with van der Waals surface area (Å²) in [6, 6.07) is 11.8. The third kappa shape index (κ3) is 3.40. The van der Waals surface area contributed by atoms with Crippen LogP contribution in [0.5, 0.6) is 0 Å². The Kier molecular flexibility index (Phi) is 4.47. The Labute approximate surface area is 126 Å². The molecule has 0 bridgehead atoms. The minimum absolute atomic E-state index is 0.0207. The Hall–Kier alpha value is -1.78. The molecule has 2 rings (SSSR count). The second-order valence-electron chi connectivity index (χ2n) is 4.34. The van der Waals surface area contributed by atoms with Gasteiger partial charge in [0, 0.05) is 23.2 Å². The Morgan fingerprint density at radius 1 is 1.20 bits per heavy atom. The predicted molar refractivity (Wildman–Crippen MR) is 81.6 cm³/mol. The highest BCUT2D eigenvalue weighted by molar-refractivity contribution is 6.33. The molecule has 104 valence electrons. The first-order valence-electron chi connectivity index (χ1n) is 5.93. The summed E-state index contributed by atoms with van der Waals surface area (Å²) in [7, 11) is 0. The first-order chi connectivity index (χ1) is 9.47. The fourth-order valence-electron chi connectivity index (χ4n) is 1.83. The largest absolute Gasteiger partial charge is 0.377 e. The molecule has 2 aromatic carbocycles. The molecule has 1 N–H and O–H groups in total. The number of non-ortho nitro benzene ring substituents is 1. The van der Waals surface area contributed by atoms with E-state index in [1.54, 1.807) is 12.1 Å². The topological polar surface area (TPSA) is 55.2 Å². The molecule has 0 fully saturated rings. The van der Waals surface area contributed by atoms with Crippen molar-refractivity contribution in [2.45, 2.75) is 13.0 Å². The number of nitrogens with one attached hydrogen (secondary N) is 1. The number of halogens is 2. The highest BCUT2D eigenvalue weighted by Crippen LogP contribution is 2.30. The number of anilines is 1. The van der Waals surface area contributed by atoms with E-state index in [4.69, 9.17) is 23.2 Å². The van der Waals surface area contributed by atoms with Crippen molar-refractivity contribution in [1.82, 2.24) is 0 Å². The van der Waals surface area contributed by atoms with Gasteiger partial charge < -0.3 is 5.32 Å². The van der Waals surface area contributed by atoms with E-state index in [0.717, 1.165) is 5.56 Å². The van der Waals surface area contributed by atoms with Crippen LogP contribution in [0.4, 0.5) is 11.4 Å². The highest BCUT2D eigenvalue weighted by Gasteiger charge is 2.12. The molecular formula is C14H12Cl2N2O2. The second-order valence-corrected chi connectivity index (χ2v) is 5.19. The summed E-state index contributed by atoms with van der Waals surface area (Å²) in [5.41, 5.74) is 1.62. The number of benzene rings is 2. The first-order valence-corrected chi connectivity index (χ1v) is 6.69. The maximum Gasteiger partial charge on any atom is 0.271 e. The van der Waals surface area contributed by atoms with Crippen molar-refractivity contribution in [3.63, 3.8) is 0 Å². The van der Waals surface area contributed by atoms with Crippen LogP contribution in [0, 0.1) is 10.1 Å². The van der Waals surface area contributed by atoms with Gasteiger partial charge in [0.2, 0.25) is 0 Å². The average molecular weight is 311 g/mol. The van der Waals surface area contributed by atoms with Crippen molar-refractivity contribution in [2.75, 3.05) is 5.32 Å². The van der Waals surface area contributed by atoms with Gasteiger partial charge in [0.25, 0.3) is 5.69 Å². The van der Waals surface area contributed by atoms with Gasteiger partial charge in [-0.05, 0) is 30.7 Å². The number of rotatable bonds is 4. The molecule has 0 saturated carbocycles.